The molecule has 1 saturated carbocycles. The summed E-state index contributed by atoms with van der Waals surface area (Å²) >= 11 is 0. The first-order valence-corrected chi connectivity index (χ1v) is 5.89. The van der Waals surface area contributed by atoms with Gasteiger partial charge in [-0.25, -0.2) is 17.6 Å². The molecule has 1 aliphatic carbocycles. The van der Waals surface area contributed by atoms with Gasteiger partial charge in [-0.15, -0.1) is 0 Å². The minimum Gasteiger partial charge on any atom is -0.334 e. The fourth-order valence-electron chi connectivity index (χ4n) is 2.07. The molecule has 8 heteroatoms. The highest BCUT2D eigenvalue weighted by Gasteiger charge is 2.39. The van der Waals surface area contributed by atoms with Crippen molar-refractivity contribution in [2.45, 2.75) is 24.8 Å². The van der Waals surface area contributed by atoms with Crippen molar-refractivity contribution in [3.05, 3.63) is 35.2 Å². The number of nitrogens with two attached hydrogens (primary N) is 1. The quantitative estimate of drug-likeness (QED) is 0.681. The zero-order valence-electron chi connectivity index (χ0n) is 10.1. The number of halogens is 4. The number of rotatable bonds is 2. The molecule has 106 valence electrons. The molecule has 1 fully saturated rings. The van der Waals surface area contributed by atoms with E-state index in [9.17, 15) is 17.6 Å². The molecule has 0 atom stereocenters. The van der Waals surface area contributed by atoms with Gasteiger partial charge in [0.25, 0.3) is 5.89 Å². The van der Waals surface area contributed by atoms with Crippen molar-refractivity contribution in [3.8, 4) is 11.5 Å². The normalized spacial score (nSPS) is 17.1. The SMILES string of the molecule is NC1(c2noc(-c3c(F)c(F)cc(F)c3F)n2)CCC1. The van der Waals surface area contributed by atoms with E-state index in [-0.39, 0.29) is 11.9 Å². The molecule has 20 heavy (non-hydrogen) atoms. The van der Waals surface area contributed by atoms with E-state index in [1.807, 2.05) is 0 Å². The van der Waals surface area contributed by atoms with E-state index in [1.165, 1.54) is 0 Å². The molecule has 0 bridgehead atoms. The predicted octanol–water partition coefficient (Wildman–Crippen LogP) is 2.63. The number of aromatic nitrogens is 2. The maximum absolute atomic E-state index is 13.6. The Morgan fingerprint density at radius 2 is 1.70 bits per heavy atom. The summed E-state index contributed by atoms with van der Waals surface area (Å²) in [6, 6.07) is 0.113. The Balaban J connectivity index is 2.10. The van der Waals surface area contributed by atoms with E-state index in [1.54, 1.807) is 0 Å². The van der Waals surface area contributed by atoms with Crippen molar-refractivity contribution in [2.24, 2.45) is 5.73 Å². The van der Waals surface area contributed by atoms with E-state index < -0.39 is 40.3 Å². The second-order valence-electron chi connectivity index (χ2n) is 4.78. The van der Waals surface area contributed by atoms with Crippen LogP contribution in [-0.2, 0) is 5.54 Å². The monoisotopic (exact) mass is 287 g/mol. The lowest BCUT2D eigenvalue weighted by Crippen LogP contribution is -2.44. The lowest BCUT2D eigenvalue weighted by atomic mass is 9.77. The van der Waals surface area contributed by atoms with Gasteiger partial charge < -0.3 is 10.3 Å². The minimum atomic E-state index is -1.58. The maximum atomic E-state index is 13.6. The Kier molecular flexibility index (Phi) is 2.79. The van der Waals surface area contributed by atoms with Gasteiger partial charge in [-0.05, 0) is 19.3 Å². The Morgan fingerprint density at radius 3 is 2.20 bits per heavy atom. The first kappa shape index (κ1) is 13.0. The third-order valence-electron chi connectivity index (χ3n) is 3.44. The number of hydrogen-bond acceptors (Lipinski definition) is 4. The molecule has 1 aromatic carbocycles. The van der Waals surface area contributed by atoms with Gasteiger partial charge in [0, 0.05) is 6.07 Å². The highest BCUT2D eigenvalue weighted by molar-refractivity contribution is 5.55. The number of hydrogen-bond donors (Lipinski definition) is 1. The third-order valence-corrected chi connectivity index (χ3v) is 3.44. The van der Waals surface area contributed by atoms with Crippen LogP contribution in [0, 0.1) is 23.3 Å². The molecule has 0 radical (unpaired) electrons. The molecule has 3 rings (SSSR count). The molecule has 2 aromatic rings. The standard InChI is InChI=1S/C12H9F4N3O/c13-5-4-6(14)9(16)7(8(5)15)10-18-11(19-20-10)12(17)2-1-3-12/h4H,1-3,17H2. The van der Waals surface area contributed by atoms with Crippen LogP contribution in [0.5, 0.6) is 0 Å². The molecule has 0 spiro atoms. The zero-order chi connectivity index (χ0) is 14.5. The largest absolute Gasteiger partial charge is 0.334 e. The van der Waals surface area contributed by atoms with Crippen LogP contribution in [0.25, 0.3) is 11.5 Å². The summed E-state index contributed by atoms with van der Waals surface area (Å²) in [6.07, 6.45) is 2.08. The topological polar surface area (TPSA) is 64.9 Å². The maximum Gasteiger partial charge on any atom is 0.264 e. The van der Waals surface area contributed by atoms with Crippen LogP contribution in [0.3, 0.4) is 0 Å². The summed E-state index contributed by atoms with van der Waals surface area (Å²) in [6.45, 7) is 0. The fourth-order valence-corrected chi connectivity index (χ4v) is 2.07. The molecule has 0 amide bonds. The van der Waals surface area contributed by atoms with Gasteiger partial charge >= 0.3 is 0 Å². The van der Waals surface area contributed by atoms with Crippen LogP contribution in [-0.4, -0.2) is 10.1 Å². The van der Waals surface area contributed by atoms with Crippen molar-refractivity contribution >= 4 is 0 Å². The van der Waals surface area contributed by atoms with Gasteiger partial charge in [-0.2, -0.15) is 4.98 Å². The Morgan fingerprint density at radius 1 is 1.10 bits per heavy atom. The van der Waals surface area contributed by atoms with Crippen molar-refractivity contribution < 1.29 is 22.1 Å². The van der Waals surface area contributed by atoms with Gasteiger partial charge in [0.2, 0.25) is 0 Å². The van der Waals surface area contributed by atoms with E-state index in [2.05, 4.69) is 14.7 Å². The van der Waals surface area contributed by atoms with Crippen LogP contribution < -0.4 is 5.73 Å². The second-order valence-corrected chi connectivity index (χ2v) is 4.78. The van der Waals surface area contributed by atoms with Crippen molar-refractivity contribution in [1.82, 2.24) is 10.1 Å². The van der Waals surface area contributed by atoms with E-state index in [4.69, 9.17) is 5.73 Å². The van der Waals surface area contributed by atoms with Crippen LogP contribution >= 0.6 is 0 Å². The summed E-state index contributed by atoms with van der Waals surface area (Å²) in [5.74, 6) is -6.81. The average molecular weight is 287 g/mol. The first-order valence-electron chi connectivity index (χ1n) is 5.89. The summed E-state index contributed by atoms with van der Waals surface area (Å²) in [4.78, 5) is 3.76. The lowest BCUT2D eigenvalue weighted by Gasteiger charge is -2.34. The third kappa shape index (κ3) is 1.79. The molecule has 1 heterocycles. The van der Waals surface area contributed by atoms with Crippen LogP contribution in [0.1, 0.15) is 25.1 Å². The summed E-state index contributed by atoms with van der Waals surface area (Å²) in [5, 5.41) is 3.54. The van der Waals surface area contributed by atoms with E-state index in [0.29, 0.717) is 12.8 Å². The molecule has 4 nitrogen and oxygen atoms in total. The fraction of sp³-hybridized carbons (Fsp3) is 0.333. The predicted molar refractivity (Wildman–Crippen MR) is 59.3 cm³/mol. The van der Waals surface area contributed by atoms with Crippen molar-refractivity contribution in [3.63, 3.8) is 0 Å². The smallest absolute Gasteiger partial charge is 0.264 e. The van der Waals surface area contributed by atoms with Crippen LogP contribution in [0.2, 0.25) is 0 Å². The Hall–Kier alpha value is -1.96. The summed E-state index contributed by atoms with van der Waals surface area (Å²) in [5.41, 5.74) is 4.10. The van der Waals surface area contributed by atoms with Crippen LogP contribution in [0.15, 0.2) is 10.6 Å². The van der Waals surface area contributed by atoms with E-state index in [0.717, 1.165) is 6.42 Å². The highest BCUT2D eigenvalue weighted by atomic mass is 19.2. The molecule has 1 aliphatic rings. The van der Waals surface area contributed by atoms with Gasteiger partial charge in [0.1, 0.15) is 5.56 Å². The zero-order valence-corrected chi connectivity index (χ0v) is 10.1. The molecule has 0 aliphatic heterocycles. The Labute approximate surface area is 110 Å². The Bertz CT molecular complexity index is 655. The molecular formula is C12H9F4N3O. The average Bonchev–Trinajstić information content (AvgIpc) is 2.84. The molecule has 1 aromatic heterocycles. The van der Waals surface area contributed by atoms with Gasteiger partial charge in [0.15, 0.2) is 29.1 Å². The van der Waals surface area contributed by atoms with Gasteiger partial charge in [-0.1, -0.05) is 5.16 Å². The number of benzene rings is 1. The molecule has 0 unspecified atom stereocenters. The summed E-state index contributed by atoms with van der Waals surface area (Å²) in [7, 11) is 0. The van der Waals surface area contributed by atoms with Crippen LogP contribution in [0.4, 0.5) is 17.6 Å². The van der Waals surface area contributed by atoms with Gasteiger partial charge in [-0.3, -0.25) is 0 Å². The second kappa shape index (κ2) is 4.27. The summed E-state index contributed by atoms with van der Waals surface area (Å²) < 4.78 is 58.1. The lowest BCUT2D eigenvalue weighted by molar-refractivity contribution is 0.229. The minimum absolute atomic E-state index is 0.0715. The van der Waals surface area contributed by atoms with Gasteiger partial charge in [0.05, 0.1) is 5.54 Å². The molecular weight excluding hydrogens is 278 g/mol. The first-order chi connectivity index (χ1) is 9.42. The molecule has 0 saturated heterocycles. The van der Waals surface area contributed by atoms with Crippen molar-refractivity contribution in [2.75, 3.05) is 0 Å². The van der Waals surface area contributed by atoms with E-state index >= 15 is 0 Å². The number of nitrogens with zero attached hydrogens (tertiary/aromatic N) is 2. The molecule has 2 N–H and O–H groups in total. The van der Waals surface area contributed by atoms with Crippen molar-refractivity contribution in [1.29, 1.82) is 0 Å². The highest BCUT2D eigenvalue weighted by Crippen LogP contribution is 2.38.